The van der Waals surface area contributed by atoms with E-state index in [1.165, 1.54) is 48.8 Å². The van der Waals surface area contributed by atoms with E-state index in [9.17, 15) is 0 Å². The van der Waals surface area contributed by atoms with Crippen LogP contribution in [0.4, 0.5) is 0 Å². The number of benzene rings is 2. The van der Waals surface area contributed by atoms with Gasteiger partial charge in [0.15, 0.2) is 23.0 Å². The van der Waals surface area contributed by atoms with Crippen LogP contribution in [-0.2, 0) is 17.3 Å². The zero-order valence-corrected chi connectivity index (χ0v) is 35.4. The number of fused-ring (bicyclic) bond motifs is 4. The molecule has 0 unspecified atom stereocenters. The molecule has 2 aromatic carbocycles. The quantitative estimate of drug-likeness (QED) is 0.137. The molecule has 0 saturated carbocycles. The van der Waals surface area contributed by atoms with Crippen LogP contribution in [0, 0.1) is 6.92 Å². The van der Waals surface area contributed by atoms with Gasteiger partial charge in [-0.05, 0) is 98.5 Å². The number of rotatable bonds is 10. The second kappa shape index (κ2) is 19.3. The lowest BCUT2D eigenvalue weighted by Gasteiger charge is -2.32. The summed E-state index contributed by atoms with van der Waals surface area (Å²) in [5.41, 5.74) is 10.7. The van der Waals surface area contributed by atoms with Crippen molar-refractivity contribution in [1.82, 2.24) is 0 Å². The van der Waals surface area contributed by atoms with Crippen LogP contribution < -0.4 is 9.47 Å². The molecule has 0 radical (unpaired) electrons. The summed E-state index contributed by atoms with van der Waals surface area (Å²) >= 11 is 1.82. The minimum Gasteiger partial charge on any atom is -0.450 e. The molecule has 2 aliphatic carbocycles. The summed E-state index contributed by atoms with van der Waals surface area (Å²) in [6, 6.07) is 8.59. The molecule has 1 aliphatic heterocycles. The Labute approximate surface area is 341 Å². The first kappa shape index (κ1) is 43.2. The first-order valence-corrected chi connectivity index (χ1v) is 19.7. The lowest BCUT2D eigenvalue weighted by atomic mass is 9.75. The van der Waals surface area contributed by atoms with Gasteiger partial charge in [-0.2, -0.15) is 0 Å². The summed E-state index contributed by atoms with van der Waals surface area (Å²) in [5.74, 6) is 2.73. The molecule has 0 fully saturated rings. The third kappa shape index (κ3) is 9.61. The fourth-order valence-corrected chi connectivity index (χ4v) is 7.91. The summed E-state index contributed by atoms with van der Waals surface area (Å²) in [6.45, 7) is 36.7. The predicted octanol–water partition coefficient (Wildman–Crippen LogP) is 14.6. The van der Waals surface area contributed by atoms with Crippen LogP contribution in [0.5, 0.6) is 11.5 Å². The zero-order chi connectivity index (χ0) is 41.0. The van der Waals surface area contributed by atoms with Crippen LogP contribution in [0.15, 0.2) is 197 Å². The highest BCUT2D eigenvalue weighted by Crippen LogP contribution is 2.52. The third-order valence-electron chi connectivity index (χ3n) is 10.1. The molecule has 0 atom stereocenters. The van der Waals surface area contributed by atoms with E-state index in [4.69, 9.17) is 9.47 Å². The van der Waals surface area contributed by atoms with E-state index >= 15 is 0 Å². The van der Waals surface area contributed by atoms with Crippen molar-refractivity contribution in [3.8, 4) is 11.5 Å². The normalized spacial score (nSPS) is 18.8. The first-order chi connectivity index (χ1) is 26.7. The molecule has 2 aromatic rings. The largest absolute Gasteiger partial charge is 0.450 e. The Kier molecular flexibility index (Phi) is 14.9. The Morgan fingerprint density at radius 1 is 0.839 bits per heavy atom. The van der Waals surface area contributed by atoms with Gasteiger partial charge in [0, 0.05) is 38.0 Å². The van der Waals surface area contributed by atoms with E-state index in [1.807, 2.05) is 73.4 Å². The number of ether oxygens (including phenoxy) is 2. The van der Waals surface area contributed by atoms with Crippen LogP contribution in [0.3, 0.4) is 0 Å². The molecule has 0 bridgehead atoms. The van der Waals surface area contributed by atoms with E-state index in [-0.39, 0.29) is 10.8 Å². The molecule has 3 nitrogen and oxygen atoms in total. The third-order valence-corrected chi connectivity index (χ3v) is 11.6. The molecule has 0 amide bonds. The lowest BCUT2D eigenvalue weighted by molar-refractivity contribution is 0.292. The van der Waals surface area contributed by atoms with Crippen molar-refractivity contribution in [2.75, 3.05) is 0 Å². The molecule has 288 valence electrons. The number of aliphatic imine (C=N–C) groups is 1. The zero-order valence-electron chi connectivity index (χ0n) is 34.5. The standard InChI is InChI=1S/C31H35NS.C21H22O2/c1-9-11-13-14-15-16-17-26-25(21-22-32-8)29-27(31(26,6)7)20-19-24(5)30(29)33-28(23(3)4)18-12-10-2;1-6-18-15(3)22-19-13-12-17-16(20(19)23-18)11-9-7-8-10-14(2)21(17,4)5/h9-22H,1-2,8H2,3-7H3;6-10,12-13H,2-3,11H2,1,4-5H3/b13-11-,15-14+,17-16+,18-12-,22-21-;9-7-,10-8-,18-6-. The Morgan fingerprint density at radius 3 is 2.21 bits per heavy atom. The van der Waals surface area contributed by atoms with Crippen LogP contribution in [-0.4, -0.2) is 6.72 Å². The van der Waals surface area contributed by atoms with Crippen LogP contribution >= 0.6 is 11.8 Å². The molecular formula is C52H57NO2S. The Hall–Kier alpha value is -5.58. The molecule has 56 heavy (non-hydrogen) atoms. The molecule has 3 aliphatic rings. The average Bonchev–Trinajstić information content (AvgIpc) is 3.40. The Balaban J connectivity index is 0.000000264. The summed E-state index contributed by atoms with van der Waals surface area (Å²) in [7, 11) is 0. The second-order valence-electron chi connectivity index (χ2n) is 14.9. The maximum atomic E-state index is 6.11. The van der Waals surface area contributed by atoms with Crippen molar-refractivity contribution in [2.45, 2.75) is 77.5 Å². The van der Waals surface area contributed by atoms with Crippen LogP contribution in [0.25, 0.3) is 5.57 Å². The van der Waals surface area contributed by atoms with Crippen molar-refractivity contribution in [2.24, 2.45) is 4.99 Å². The monoisotopic (exact) mass is 759 g/mol. The SMILES string of the molecule is C=C1Oc2ccc3c(c2O/C1=C\C)C/C=C\C=C/C(=C)C3(C)C.C=C\C=C/C=C/C=C/C1=C(/C=C\N=C)c2c(ccc(C)c2SC(/C=C\C=C)=C(C)C)C1(C)C. The van der Waals surface area contributed by atoms with Crippen LogP contribution in [0.2, 0.25) is 0 Å². The summed E-state index contributed by atoms with van der Waals surface area (Å²) in [5, 5.41) is 0. The molecule has 0 saturated heterocycles. The summed E-state index contributed by atoms with van der Waals surface area (Å²) in [4.78, 5) is 6.52. The number of aryl methyl sites for hydroxylation is 1. The van der Waals surface area contributed by atoms with Crippen molar-refractivity contribution >= 4 is 24.1 Å². The molecule has 0 spiro atoms. The van der Waals surface area contributed by atoms with Gasteiger partial charge < -0.3 is 9.47 Å². The van der Waals surface area contributed by atoms with Crippen molar-refractivity contribution in [1.29, 1.82) is 0 Å². The number of thioether (sulfide) groups is 1. The number of allylic oxidation sites excluding steroid dienone is 20. The van der Waals surface area contributed by atoms with Gasteiger partial charge in [-0.1, -0.05) is 169 Å². The van der Waals surface area contributed by atoms with Crippen molar-refractivity contribution < 1.29 is 9.47 Å². The maximum absolute atomic E-state index is 6.11. The Morgan fingerprint density at radius 2 is 1.54 bits per heavy atom. The van der Waals surface area contributed by atoms with E-state index in [0.29, 0.717) is 11.5 Å². The van der Waals surface area contributed by atoms with Crippen molar-refractivity contribution in [3.63, 3.8) is 0 Å². The van der Waals surface area contributed by atoms with Gasteiger partial charge in [-0.25, -0.2) is 0 Å². The van der Waals surface area contributed by atoms with Crippen LogP contribution in [0.1, 0.15) is 76.3 Å². The Bertz CT molecular complexity index is 2210. The fraction of sp³-hybridized carbons (Fsp3) is 0.212. The second-order valence-corrected chi connectivity index (χ2v) is 15.9. The average molecular weight is 760 g/mol. The molecular weight excluding hydrogens is 703 g/mol. The molecule has 1 heterocycles. The lowest BCUT2D eigenvalue weighted by Crippen LogP contribution is -2.22. The maximum Gasteiger partial charge on any atom is 0.173 e. The van der Waals surface area contributed by atoms with Gasteiger partial charge >= 0.3 is 0 Å². The van der Waals surface area contributed by atoms with Gasteiger partial charge in [0.2, 0.25) is 0 Å². The topological polar surface area (TPSA) is 30.8 Å². The minimum absolute atomic E-state index is 0.136. The molecule has 4 heteroatoms. The fourth-order valence-electron chi connectivity index (χ4n) is 6.79. The van der Waals surface area contributed by atoms with Gasteiger partial charge in [-0.15, -0.1) is 0 Å². The first-order valence-electron chi connectivity index (χ1n) is 18.9. The molecule has 5 rings (SSSR count). The highest BCUT2D eigenvalue weighted by atomic mass is 32.2. The van der Waals surface area contributed by atoms with Gasteiger partial charge in [0.1, 0.15) is 0 Å². The predicted molar refractivity (Wildman–Crippen MR) is 246 cm³/mol. The number of nitrogens with zero attached hydrogens (tertiary/aromatic N) is 1. The van der Waals surface area contributed by atoms with Crippen molar-refractivity contribution in [3.05, 3.63) is 215 Å². The minimum atomic E-state index is -0.180. The summed E-state index contributed by atoms with van der Waals surface area (Å²) in [6.07, 6.45) is 34.8. The number of hydrogen-bond donors (Lipinski definition) is 0. The van der Waals surface area contributed by atoms with Gasteiger partial charge in [0.05, 0.1) is 0 Å². The van der Waals surface area contributed by atoms with E-state index < -0.39 is 0 Å². The molecule has 0 N–H and O–H groups in total. The highest BCUT2D eigenvalue weighted by Gasteiger charge is 2.38. The van der Waals surface area contributed by atoms with E-state index in [2.05, 4.69) is 147 Å². The van der Waals surface area contributed by atoms with E-state index in [0.717, 1.165) is 29.1 Å². The smallest absolute Gasteiger partial charge is 0.173 e. The van der Waals surface area contributed by atoms with Gasteiger partial charge in [-0.3, -0.25) is 4.99 Å². The van der Waals surface area contributed by atoms with E-state index in [1.54, 1.807) is 12.3 Å². The summed E-state index contributed by atoms with van der Waals surface area (Å²) < 4.78 is 12.0. The highest BCUT2D eigenvalue weighted by molar-refractivity contribution is 8.03. The number of hydrogen-bond acceptors (Lipinski definition) is 4. The van der Waals surface area contributed by atoms with Gasteiger partial charge in [0.25, 0.3) is 0 Å². The molecule has 0 aromatic heterocycles.